The molecule has 1 atom stereocenters. The van der Waals surface area contributed by atoms with Gasteiger partial charge in [0.05, 0.1) is 17.2 Å². The Morgan fingerprint density at radius 2 is 1.50 bits per heavy atom. The van der Waals surface area contributed by atoms with Crippen LogP contribution in [0, 0.1) is 11.3 Å². The Hall–Kier alpha value is -4.24. The third-order valence-electron chi connectivity index (χ3n) is 4.33. The van der Waals surface area contributed by atoms with Crippen LogP contribution in [0.3, 0.4) is 0 Å². The largest absolute Gasteiger partial charge is 0.449 e. The minimum absolute atomic E-state index is 0.150. The van der Waals surface area contributed by atoms with Crippen molar-refractivity contribution < 1.29 is 19.1 Å². The number of rotatable bonds is 6. The Bertz CT molecular complexity index is 1120. The lowest BCUT2D eigenvalue weighted by atomic mass is 10.0. The highest BCUT2D eigenvalue weighted by atomic mass is 16.5. The van der Waals surface area contributed by atoms with Crippen molar-refractivity contribution >= 4 is 23.3 Å². The topological polar surface area (TPSA) is 96.3 Å². The van der Waals surface area contributed by atoms with E-state index in [4.69, 9.17) is 10.00 Å². The number of ether oxygens (including phenoxy) is 1. The van der Waals surface area contributed by atoms with Crippen LogP contribution >= 0.6 is 0 Å². The van der Waals surface area contributed by atoms with Crippen LogP contribution < -0.4 is 5.32 Å². The molecule has 0 fully saturated rings. The zero-order chi connectivity index (χ0) is 21.5. The van der Waals surface area contributed by atoms with Gasteiger partial charge in [-0.1, -0.05) is 48.5 Å². The summed E-state index contributed by atoms with van der Waals surface area (Å²) in [5.74, 6) is -1.35. The number of nitriles is 1. The van der Waals surface area contributed by atoms with Crippen molar-refractivity contribution in [2.75, 3.05) is 5.32 Å². The molecule has 1 amide bonds. The second-order valence-electron chi connectivity index (χ2n) is 6.50. The van der Waals surface area contributed by atoms with Crippen LogP contribution in [-0.4, -0.2) is 23.8 Å². The Balaban J connectivity index is 1.61. The third-order valence-corrected chi connectivity index (χ3v) is 4.33. The molecule has 30 heavy (non-hydrogen) atoms. The first-order valence-corrected chi connectivity index (χ1v) is 9.20. The minimum atomic E-state index is -1.05. The summed E-state index contributed by atoms with van der Waals surface area (Å²) in [4.78, 5) is 37.0. The second-order valence-corrected chi connectivity index (χ2v) is 6.50. The van der Waals surface area contributed by atoms with E-state index in [0.29, 0.717) is 22.4 Å². The molecule has 0 heterocycles. The SMILES string of the molecule is C[C@H](OC(=O)c1ccc(C(=O)c2ccccc2)cc1)C(=O)Nc1cccc(C#N)c1. The number of nitrogens with one attached hydrogen (secondary N) is 1. The lowest BCUT2D eigenvalue weighted by molar-refractivity contribution is -0.123. The number of esters is 1. The van der Waals surface area contributed by atoms with Crippen molar-refractivity contribution in [2.45, 2.75) is 13.0 Å². The van der Waals surface area contributed by atoms with Crippen molar-refractivity contribution in [3.05, 3.63) is 101 Å². The molecule has 3 rings (SSSR count). The second kappa shape index (κ2) is 9.30. The van der Waals surface area contributed by atoms with Crippen LogP contribution in [0.25, 0.3) is 0 Å². The first-order valence-electron chi connectivity index (χ1n) is 9.20. The summed E-state index contributed by atoms with van der Waals surface area (Å²) in [5.41, 5.74) is 2.07. The number of hydrogen-bond donors (Lipinski definition) is 1. The summed E-state index contributed by atoms with van der Waals surface area (Å²) in [6.07, 6.45) is -1.05. The number of nitrogens with zero attached hydrogens (tertiary/aromatic N) is 1. The maximum absolute atomic E-state index is 12.4. The molecule has 0 aliphatic carbocycles. The van der Waals surface area contributed by atoms with Crippen LogP contribution in [0.5, 0.6) is 0 Å². The summed E-state index contributed by atoms with van der Waals surface area (Å²) < 4.78 is 5.21. The predicted octanol–water partition coefficient (Wildman–Crippen LogP) is 3.97. The number of hydrogen-bond acceptors (Lipinski definition) is 5. The Morgan fingerprint density at radius 1 is 0.867 bits per heavy atom. The third kappa shape index (κ3) is 4.97. The van der Waals surface area contributed by atoms with E-state index < -0.39 is 18.0 Å². The van der Waals surface area contributed by atoms with Gasteiger partial charge in [-0.05, 0) is 37.3 Å². The van der Waals surface area contributed by atoms with Gasteiger partial charge in [-0.2, -0.15) is 5.26 Å². The summed E-state index contributed by atoms with van der Waals surface area (Å²) in [6, 6.07) is 23.3. The fraction of sp³-hybridized carbons (Fsp3) is 0.0833. The zero-order valence-electron chi connectivity index (χ0n) is 16.2. The molecule has 0 aliphatic rings. The first kappa shape index (κ1) is 20.5. The Morgan fingerprint density at radius 3 is 2.17 bits per heavy atom. The molecular weight excluding hydrogens is 380 g/mol. The van der Waals surface area contributed by atoms with E-state index >= 15 is 0 Å². The number of benzene rings is 3. The molecule has 3 aromatic carbocycles. The first-order chi connectivity index (χ1) is 14.5. The number of carbonyl (C=O) groups is 3. The van der Waals surface area contributed by atoms with Crippen molar-refractivity contribution in [3.63, 3.8) is 0 Å². The molecule has 1 N–H and O–H groups in total. The molecule has 0 aliphatic heterocycles. The van der Waals surface area contributed by atoms with Gasteiger partial charge in [0.1, 0.15) is 0 Å². The molecule has 0 bridgehead atoms. The van der Waals surface area contributed by atoms with E-state index in [2.05, 4.69) is 5.32 Å². The Kier molecular flexibility index (Phi) is 6.36. The van der Waals surface area contributed by atoms with Crippen LogP contribution in [0.2, 0.25) is 0 Å². The van der Waals surface area contributed by atoms with Crippen LogP contribution in [-0.2, 0) is 9.53 Å². The number of anilines is 1. The lowest BCUT2D eigenvalue weighted by Gasteiger charge is -2.14. The molecule has 6 heteroatoms. The van der Waals surface area contributed by atoms with Gasteiger partial charge >= 0.3 is 5.97 Å². The van der Waals surface area contributed by atoms with E-state index in [9.17, 15) is 14.4 Å². The molecule has 148 valence electrons. The van der Waals surface area contributed by atoms with Gasteiger partial charge < -0.3 is 10.1 Å². The smallest absolute Gasteiger partial charge is 0.338 e. The molecule has 0 spiro atoms. The van der Waals surface area contributed by atoms with Crippen molar-refractivity contribution in [1.82, 2.24) is 0 Å². The maximum atomic E-state index is 12.4. The lowest BCUT2D eigenvalue weighted by Crippen LogP contribution is -2.30. The highest BCUT2D eigenvalue weighted by Crippen LogP contribution is 2.14. The summed E-state index contributed by atoms with van der Waals surface area (Å²) in [6.45, 7) is 1.45. The van der Waals surface area contributed by atoms with Gasteiger partial charge in [-0.25, -0.2) is 4.79 Å². The number of ketones is 1. The maximum Gasteiger partial charge on any atom is 0.338 e. The van der Waals surface area contributed by atoms with Gasteiger partial charge in [0.25, 0.3) is 5.91 Å². The van der Waals surface area contributed by atoms with Gasteiger partial charge in [-0.15, -0.1) is 0 Å². The molecule has 6 nitrogen and oxygen atoms in total. The van der Waals surface area contributed by atoms with E-state index in [1.54, 1.807) is 54.6 Å². The summed E-state index contributed by atoms with van der Waals surface area (Å²) in [5, 5.41) is 11.5. The zero-order valence-corrected chi connectivity index (χ0v) is 16.2. The van der Waals surface area contributed by atoms with Crippen molar-refractivity contribution in [1.29, 1.82) is 5.26 Å². The molecule has 0 saturated carbocycles. The van der Waals surface area contributed by atoms with Gasteiger partial charge in [0.15, 0.2) is 11.9 Å². The van der Waals surface area contributed by atoms with E-state index in [-0.39, 0.29) is 11.3 Å². The normalized spacial score (nSPS) is 11.1. The van der Waals surface area contributed by atoms with Gasteiger partial charge in [0.2, 0.25) is 0 Å². The monoisotopic (exact) mass is 398 g/mol. The van der Waals surface area contributed by atoms with Crippen LogP contribution in [0.1, 0.15) is 38.8 Å². The highest BCUT2D eigenvalue weighted by Gasteiger charge is 2.19. The molecule has 0 radical (unpaired) electrons. The molecule has 0 aromatic heterocycles. The van der Waals surface area contributed by atoms with Gasteiger partial charge in [0, 0.05) is 16.8 Å². The van der Waals surface area contributed by atoms with Crippen LogP contribution in [0.4, 0.5) is 5.69 Å². The average Bonchev–Trinajstić information content (AvgIpc) is 2.79. The molecular formula is C24H18N2O4. The van der Waals surface area contributed by atoms with Crippen molar-refractivity contribution in [3.8, 4) is 6.07 Å². The number of amides is 1. The average molecular weight is 398 g/mol. The fourth-order valence-electron chi connectivity index (χ4n) is 2.71. The molecule has 0 saturated heterocycles. The standard InChI is InChI=1S/C24H18N2O4/c1-16(23(28)26-21-9-5-6-17(14-21)15-25)30-24(29)20-12-10-19(11-13-20)22(27)18-7-3-2-4-8-18/h2-14,16H,1H3,(H,26,28)/t16-/m0/s1. The van der Waals surface area contributed by atoms with E-state index in [1.165, 1.54) is 25.1 Å². The summed E-state index contributed by atoms with van der Waals surface area (Å²) in [7, 11) is 0. The quantitative estimate of drug-likeness (QED) is 0.501. The minimum Gasteiger partial charge on any atom is -0.449 e. The Labute approximate surface area is 173 Å². The van der Waals surface area contributed by atoms with E-state index in [1.807, 2.05) is 12.1 Å². The number of carbonyl (C=O) groups excluding carboxylic acids is 3. The predicted molar refractivity (Wildman–Crippen MR) is 111 cm³/mol. The highest BCUT2D eigenvalue weighted by molar-refractivity contribution is 6.09. The molecule has 3 aromatic rings. The van der Waals surface area contributed by atoms with Crippen LogP contribution in [0.15, 0.2) is 78.9 Å². The molecule has 0 unspecified atom stereocenters. The van der Waals surface area contributed by atoms with E-state index in [0.717, 1.165) is 0 Å². The summed E-state index contributed by atoms with van der Waals surface area (Å²) >= 11 is 0. The van der Waals surface area contributed by atoms with Gasteiger partial charge in [-0.3, -0.25) is 9.59 Å². The fourth-order valence-corrected chi connectivity index (χ4v) is 2.71. The van der Waals surface area contributed by atoms with Crippen molar-refractivity contribution in [2.24, 2.45) is 0 Å².